The number of hydrogen-bond acceptors (Lipinski definition) is 6. The molecular weight excluding hydrogens is 288 g/mol. The molecule has 0 saturated carbocycles. The van der Waals surface area contributed by atoms with E-state index in [9.17, 15) is 0 Å². The van der Waals surface area contributed by atoms with Gasteiger partial charge in [0, 0.05) is 20.6 Å². The lowest BCUT2D eigenvalue weighted by Crippen LogP contribution is -2.12. The zero-order chi connectivity index (χ0) is 15.2. The van der Waals surface area contributed by atoms with Gasteiger partial charge in [-0.15, -0.1) is 0 Å². The second kappa shape index (κ2) is 7.08. The minimum Gasteiger partial charge on any atom is -0.376 e. The zero-order valence-electron chi connectivity index (χ0n) is 12.4. The molecule has 0 radical (unpaired) electrons. The normalized spacial score (nSPS) is 10.3. The van der Waals surface area contributed by atoms with Gasteiger partial charge < -0.3 is 15.5 Å². The topological polar surface area (TPSA) is 66.0 Å². The van der Waals surface area contributed by atoms with Crippen LogP contribution >= 0.6 is 11.6 Å². The Morgan fingerprint density at radius 2 is 1.81 bits per heavy atom. The molecule has 21 heavy (non-hydrogen) atoms. The van der Waals surface area contributed by atoms with Crippen molar-refractivity contribution in [3.05, 3.63) is 29.5 Å². The van der Waals surface area contributed by atoms with Gasteiger partial charge in [-0.3, -0.25) is 0 Å². The van der Waals surface area contributed by atoms with Crippen LogP contribution in [0.2, 0.25) is 5.28 Å². The van der Waals surface area contributed by atoms with E-state index in [4.69, 9.17) is 11.6 Å². The SMILES string of the molecule is CCCNc1nc(Cl)nc(Nc2ccccc2N(C)C)n1. The molecule has 0 unspecified atom stereocenters. The molecule has 0 aliphatic rings. The van der Waals surface area contributed by atoms with Gasteiger partial charge in [-0.2, -0.15) is 15.0 Å². The number of nitrogens with zero attached hydrogens (tertiary/aromatic N) is 4. The maximum atomic E-state index is 5.94. The molecule has 2 rings (SSSR count). The van der Waals surface area contributed by atoms with Crippen molar-refractivity contribution < 1.29 is 0 Å². The molecule has 6 nitrogen and oxygen atoms in total. The average Bonchev–Trinajstić information content (AvgIpc) is 2.45. The Balaban J connectivity index is 2.25. The average molecular weight is 307 g/mol. The van der Waals surface area contributed by atoms with E-state index in [1.165, 1.54) is 0 Å². The molecule has 1 heterocycles. The van der Waals surface area contributed by atoms with E-state index in [-0.39, 0.29) is 5.28 Å². The summed E-state index contributed by atoms with van der Waals surface area (Å²) in [6.07, 6.45) is 0.982. The van der Waals surface area contributed by atoms with Crippen LogP contribution < -0.4 is 15.5 Å². The van der Waals surface area contributed by atoms with Gasteiger partial charge in [0.05, 0.1) is 11.4 Å². The molecule has 0 atom stereocenters. The van der Waals surface area contributed by atoms with Gasteiger partial charge in [-0.25, -0.2) is 0 Å². The van der Waals surface area contributed by atoms with Crippen molar-refractivity contribution in [3.63, 3.8) is 0 Å². The van der Waals surface area contributed by atoms with Crippen LogP contribution in [0.25, 0.3) is 0 Å². The summed E-state index contributed by atoms with van der Waals surface area (Å²) in [7, 11) is 3.96. The number of halogens is 1. The van der Waals surface area contributed by atoms with Crippen LogP contribution in [0.3, 0.4) is 0 Å². The largest absolute Gasteiger partial charge is 0.376 e. The summed E-state index contributed by atoms with van der Waals surface area (Å²) in [5.74, 6) is 0.893. The van der Waals surface area contributed by atoms with Gasteiger partial charge in [-0.05, 0) is 30.2 Å². The minimum absolute atomic E-state index is 0.161. The van der Waals surface area contributed by atoms with Gasteiger partial charge in [0.1, 0.15) is 0 Å². The Hall–Kier alpha value is -2.08. The molecule has 0 aliphatic heterocycles. The fourth-order valence-electron chi connectivity index (χ4n) is 1.81. The quantitative estimate of drug-likeness (QED) is 0.854. The maximum Gasteiger partial charge on any atom is 0.233 e. The maximum absolute atomic E-state index is 5.94. The number of benzene rings is 1. The van der Waals surface area contributed by atoms with Crippen LogP contribution in [0.4, 0.5) is 23.3 Å². The van der Waals surface area contributed by atoms with Crippen LogP contribution in [0, 0.1) is 0 Å². The summed E-state index contributed by atoms with van der Waals surface area (Å²) in [5, 5.41) is 6.45. The molecule has 7 heteroatoms. The minimum atomic E-state index is 0.161. The molecule has 0 aliphatic carbocycles. The molecule has 1 aromatic carbocycles. The molecule has 0 spiro atoms. The zero-order valence-corrected chi connectivity index (χ0v) is 13.1. The van der Waals surface area contributed by atoms with Crippen LogP contribution in [0.1, 0.15) is 13.3 Å². The monoisotopic (exact) mass is 306 g/mol. The molecule has 0 saturated heterocycles. The predicted molar refractivity (Wildman–Crippen MR) is 87.7 cm³/mol. The van der Waals surface area contributed by atoms with Crippen molar-refractivity contribution in [2.24, 2.45) is 0 Å². The van der Waals surface area contributed by atoms with E-state index in [0.717, 1.165) is 24.3 Å². The lowest BCUT2D eigenvalue weighted by molar-refractivity contribution is 0.940. The van der Waals surface area contributed by atoms with Crippen LogP contribution in [0.5, 0.6) is 0 Å². The fourth-order valence-corrected chi connectivity index (χ4v) is 1.97. The molecule has 0 fully saturated rings. The Morgan fingerprint density at radius 3 is 2.52 bits per heavy atom. The molecule has 0 amide bonds. The molecule has 2 aromatic rings. The smallest absolute Gasteiger partial charge is 0.233 e. The number of hydrogen-bond donors (Lipinski definition) is 2. The van der Waals surface area contributed by atoms with E-state index in [1.807, 2.05) is 43.3 Å². The Kier molecular flexibility index (Phi) is 5.16. The van der Waals surface area contributed by atoms with Gasteiger partial charge >= 0.3 is 0 Å². The number of nitrogens with one attached hydrogen (secondary N) is 2. The highest BCUT2D eigenvalue weighted by Gasteiger charge is 2.08. The molecule has 0 bridgehead atoms. The molecule has 2 N–H and O–H groups in total. The lowest BCUT2D eigenvalue weighted by atomic mass is 10.2. The molecular formula is C14H19ClN6. The summed E-state index contributed by atoms with van der Waals surface area (Å²) < 4.78 is 0. The van der Waals surface area contributed by atoms with Crippen LogP contribution in [0.15, 0.2) is 24.3 Å². The summed E-state index contributed by atoms with van der Waals surface area (Å²) in [6, 6.07) is 7.91. The number of para-hydroxylation sites is 2. The first-order valence-corrected chi connectivity index (χ1v) is 7.16. The van der Waals surface area contributed by atoms with Crippen molar-refractivity contribution >= 4 is 34.9 Å². The van der Waals surface area contributed by atoms with Crippen molar-refractivity contribution in [1.82, 2.24) is 15.0 Å². The van der Waals surface area contributed by atoms with Crippen LogP contribution in [-0.4, -0.2) is 35.6 Å². The van der Waals surface area contributed by atoms with E-state index >= 15 is 0 Å². The van der Waals surface area contributed by atoms with Gasteiger partial charge in [0.25, 0.3) is 0 Å². The van der Waals surface area contributed by atoms with Crippen LogP contribution in [-0.2, 0) is 0 Å². The van der Waals surface area contributed by atoms with Gasteiger partial charge in [0.15, 0.2) is 0 Å². The summed E-state index contributed by atoms with van der Waals surface area (Å²) in [5.41, 5.74) is 1.95. The number of anilines is 4. The Morgan fingerprint density at radius 1 is 1.10 bits per heavy atom. The Bertz CT molecular complexity index is 602. The highest BCUT2D eigenvalue weighted by molar-refractivity contribution is 6.28. The fraction of sp³-hybridized carbons (Fsp3) is 0.357. The first-order chi connectivity index (χ1) is 10.1. The molecule has 1 aromatic heterocycles. The van der Waals surface area contributed by atoms with Crippen molar-refractivity contribution in [3.8, 4) is 0 Å². The second-order valence-electron chi connectivity index (χ2n) is 4.72. The lowest BCUT2D eigenvalue weighted by Gasteiger charge is -2.17. The Labute approximate surface area is 129 Å². The predicted octanol–water partition coefficient (Wildman–Crippen LogP) is 3.16. The summed E-state index contributed by atoms with van der Waals surface area (Å²) >= 11 is 5.94. The standard InChI is InChI=1S/C14H19ClN6/c1-4-9-16-13-18-12(15)19-14(20-13)17-10-7-5-6-8-11(10)21(2)3/h5-8H,4,9H2,1-3H3,(H2,16,17,18,19,20). The highest BCUT2D eigenvalue weighted by Crippen LogP contribution is 2.26. The third kappa shape index (κ3) is 4.19. The van der Waals surface area contributed by atoms with Crippen molar-refractivity contribution in [1.29, 1.82) is 0 Å². The molecule has 112 valence electrons. The van der Waals surface area contributed by atoms with E-state index < -0.39 is 0 Å². The first kappa shape index (κ1) is 15.3. The van der Waals surface area contributed by atoms with E-state index in [1.54, 1.807) is 0 Å². The van der Waals surface area contributed by atoms with Crippen molar-refractivity contribution in [2.45, 2.75) is 13.3 Å². The summed E-state index contributed by atoms with van der Waals surface area (Å²) in [4.78, 5) is 14.5. The first-order valence-electron chi connectivity index (χ1n) is 6.79. The van der Waals surface area contributed by atoms with E-state index in [0.29, 0.717) is 11.9 Å². The third-order valence-corrected chi connectivity index (χ3v) is 2.94. The van der Waals surface area contributed by atoms with E-state index in [2.05, 4.69) is 32.5 Å². The number of rotatable bonds is 6. The second-order valence-corrected chi connectivity index (χ2v) is 5.05. The van der Waals surface area contributed by atoms with Gasteiger partial charge in [-0.1, -0.05) is 19.1 Å². The number of aromatic nitrogens is 3. The van der Waals surface area contributed by atoms with Crippen molar-refractivity contribution in [2.75, 3.05) is 36.2 Å². The highest BCUT2D eigenvalue weighted by atomic mass is 35.5. The third-order valence-electron chi connectivity index (χ3n) is 2.77. The van der Waals surface area contributed by atoms with Gasteiger partial charge in [0.2, 0.25) is 17.2 Å². The summed E-state index contributed by atoms with van der Waals surface area (Å²) in [6.45, 7) is 2.86.